The Hall–Kier alpha value is -1.55. The van der Waals surface area contributed by atoms with Crippen LogP contribution in [0.2, 0.25) is 0 Å². The highest BCUT2D eigenvalue weighted by Crippen LogP contribution is 2.44. The minimum Gasteiger partial charge on any atom is -0.478 e. The minimum absolute atomic E-state index is 0.00945. The van der Waals surface area contributed by atoms with Crippen molar-refractivity contribution in [2.45, 2.75) is 46.3 Å². The molecule has 0 radical (unpaired) electrons. The fraction of sp³-hybridized carbons (Fsp3) is 0.562. The highest BCUT2D eigenvalue weighted by Gasteiger charge is 2.49. The topological polar surface area (TPSA) is 58.6 Å². The lowest BCUT2D eigenvalue weighted by Crippen LogP contribution is -2.58. The zero-order chi connectivity index (χ0) is 14.9. The maximum Gasteiger partial charge on any atom is 0.337 e. The van der Waals surface area contributed by atoms with Crippen molar-refractivity contribution in [2.75, 3.05) is 11.9 Å². The number of carboxylic acids is 1. The van der Waals surface area contributed by atoms with Crippen LogP contribution in [-0.4, -0.2) is 29.8 Å². The second kappa shape index (κ2) is 5.44. The highest BCUT2D eigenvalue weighted by molar-refractivity contribution is 5.94. The quantitative estimate of drug-likeness (QED) is 0.867. The average Bonchev–Trinajstić information content (AvgIpc) is 2.37. The van der Waals surface area contributed by atoms with Gasteiger partial charge in [0.1, 0.15) is 0 Å². The molecule has 2 rings (SSSR count). The number of nitrogens with one attached hydrogen (secondary N) is 1. The summed E-state index contributed by atoms with van der Waals surface area (Å²) in [4.78, 5) is 11.3. The van der Waals surface area contributed by atoms with Crippen LogP contribution in [0.1, 0.15) is 43.1 Å². The van der Waals surface area contributed by atoms with Crippen LogP contribution >= 0.6 is 0 Å². The summed E-state index contributed by atoms with van der Waals surface area (Å²) in [6, 6.07) is 5.61. The van der Waals surface area contributed by atoms with Crippen LogP contribution in [0.5, 0.6) is 0 Å². The van der Waals surface area contributed by atoms with Crippen LogP contribution in [0.4, 0.5) is 5.69 Å². The predicted octanol–water partition coefficient (Wildman–Crippen LogP) is 3.31. The normalized spacial score (nSPS) is 24.0. The summed E-state index contributed by atoms with van der Waals surface area (Å²) in [6.07, 6.45) is 1.15. The number of ether oxygens (including phenoxy) is 1. The summed E-state index contributed by atoms with van der Waals surface area (Å²) in [5.41, 5.74) is 2.09. The van der Waals surface area contributed by atoms with E-state index in [4.69, 9.17) is 4.74 Å². The molecule has 0 heterocycles. The molecule has 1 aromatic rings. The molecule has 20 heavy (non-hydrogen) atoms. The van der Waals surface area contributed by atoms with Gasteiger partial charge in [-0.1, -0.05) is 19.9 Å². The van der Waals surface area contributed by atoms with Crippen molar-refractivity contribution >= 4 is 11.7 Å². The molecule has 0 bridgehead atoms. The van der Waals surface area contributed by atoms with E-state index in [-0.39, 0.29) is 17.6 Å². The monoisotopic (exact) mass is 277 g/mol. The van der Waals surface area contributed by atoms with Crippen molar-refractivity contribution in [3.8, 4) is 0 Å². The van der Waals surface area contributed by atoms with Gasteiger partial charge in [-0.05, 0) is 38.0 Å². The predicted molar refractivity (Wildman–Crippen MR) is 79.4 cm³/mol. The second-order valence-electron chi connectivity index (χ2n) is 6.05. The molecule has 1 aliphatic rings. The molecular formula is C16H23NO3. The molecule has 2 N–H and O–H groups in total. The Morgan fingerprint density at radius 2 is 2.20 bits per heavy atom. The number of anilines is 1. The Bertz CT molecular complexity index is 510. The van der Waals surface area contributed by atoms with E-state index in [1.165, 1.54) is 0 Å². The number of aryl methyl sites for hydroxylation is 1. The smallest absolute Gasteiger partial charge is 0.337 e. The molecule has 4 heteroatoms. The molecule has 2 unspecified atom stereocenters. The molecular weight excluding hydrogens is 254 g/mol. The van der Waals surface area contributed by atoms with Gasteiger partial charge in [0.2, 0.25) is 0 Å². The number of benzene rings is 1. The number of carbonyl (C=O) groups is 1. The number of aromatic carboxylic acids is 1. The standard InChI is InChI=1S/C16H23NO3/c1-5-20-14-9-13(16(14,3)4)17-12-8-10(2)6-7-11(12)15(18)19/h6-8,13-14,17H,5,9H2,1-4H3,(H,18,19). The maximum atomic E-state index is 11.3. The summed E-state index contributed by atoms with van der Waals surface area (Å²) >= 11 is 0. The van der Waals surface area contributed by atoms with E-state index in [1.807, 2.05) is 26.0 Å². The van der Waals surface area contributed by atoms with E-state index >= 15 is 0 Å². The zero-order valence-corrected chi connectivity index (χ0v) is 12.6. The van der Waals surface area contributed by atoms with Crippen molar-refractivity contribution in [1.82, 2.24) is 0 Å². The van der Waals surface area contributed by atoms with E-state index < -0.39 is 5.97 Å². The Kier molecular flexibility index (Phi) is 4.04. The summed E-state index contributed by atoms with van der Waals surface area (Å²) in [5, 5.41) is 12.6. The summed E-state index contributed by atoms with van der Waals surface area (Å²) < 4.78 is 5.71. The Balaban J connectivity index is 2.16. The van der Waals surface area contributed by atoms with Gasteiger partial charge in [-0.3, -0.25) is 0 Å². The molecule has 0 amide bonds. The molecule has 1 aliphatic carbocycles. The summed E-state index contributed by atoms with van der Waals surface area (Å²) in [6.45, 7) is 8.99. The largest absolute Gasteiger partial charge is 0.478 e. The third kappa shape index (κ3) is 2.66. The molecule has 110 valence electrons. The lowest BCUT2D eigenvalue weighted by Gasteiger charge is -2.52. The molecule has 1 saturated carbocycles. The number of carboxylic acid groups (broad SMARTS) is 1. The molecule has 0 aromatic heterocycles. The highest BCUT2D eigenvalue weighted by atomic mass is 16.5. The van der Waals surface area contributed by atoms with Crippen LogP contribution in [0.25, 0.3) is 0 Å². The first kappa shape index (κ1) is 14.9. The van der Waals surface area contributed by atoms with Gasteiger partial charge < -0.3 is 15.2 Å². The van der Waals surface area contributed by atoms with Crippen LogP contribution < -0.4 is 5.32 Å². The first-order valence-corrected chi connectivity index (χ1v) is 7.08. The van der Waals surface area contributed by atoms with Gasteiger partial charge in [0.05, 0.1) is 11.7 Å². The summed E-state index contributed by atoms with van der Waals surface area (Å²) in [7, 11) is 0. The third-order valence-corrected chi connectivity index (χ3v) is 4.28. The number of hydrogen-bond acceptors (Lipinski definition) is 3. The van der Waals surface area contributed by atoms with E-state index in [1.54, 1.807) is 6.07 Å². The van der Waals surface area contributed by atoms with Gasteiger partial charge in [-0.2, -0.15) is 0 Å². The van der Waals surface area contributed by atoms with Gasteiger partial charge >= 0.3 is 5.97 Å². The van der Waals surface area contributed by atoms with Crippen molar-refractivity contribution in [3.63, 3.8) is 0 Å². The van der Waals surface area contributed by atoms with Crippen molar-refractivity contribution in [1.29, 1.82) is 0 Å². The minimum atomic E-state index is -0.897. The van der Waals surface area contributed by atoms with Crippen molar-refractivity contribution in [2.24, 2.45) is 5.41 Å². The fourth-order valence-electron chi connectivity index (χ4n) is 2.77. The number of rotatable bonds is 5. The SMILES string of the molecule is CCOC1CC(Nc2cc(C)ccc2C(=O)O)C1(C)C. The van der Waals surface area contributed by atoms with Gasteiger partial charge in [-0.25, -0.2) is 4.79 Å². The van der Waals surface area contributed by atoms with Crippen LogP contribution in [-0.2, 0) is 4.74 Å². The van der Waals surface area contributed by atoms with E-state index in [0.717, 1.165) is 12.0 Å². The van der Waals surface area contributed by atoms with E-state index in [0.29, 0.717) is 17.9 Å². The molecule has 1 fully saturated rings. The van der Waals surface area contributed by atoms with Crippen LogP contribution in [0.15, 0.2) is 18.2 Å². The Morgan fingerprint density at radius 1 is 1.50 bits per heavy atom. The van der Waals surface area contributed by atoms with Gasteiger partial charge in [0.15, 0.2) is 0 Å². The molecule has 1 aromatic carbocycles. The first-order chi connectivity index (χ1) is 9.36. The first-order valence-electron chi connectivity index (χ1n) is 7.08. The summed E-state index contributed by atoms with van der Waals surface area (Å²) in [5.74, 6) is -0.897. The van der Waals surface area contributed by atoms with Crippen LogP contribution in [0.3, 0.4) is 0 Å². The van der Waals surface area contributed by atoms with Crippen LogP contribution in [0, 0.1) is 12.3 Å². The zero-order valence-electron chi connectivity index (χ0n) is 12.6. The fourth-order valence-corrected chi connectivity index (χ4v) is 2.77. The molecule has 2 atom stereocenters. The molecule has 0 spiro atoms. The van der Waals surface area contributed by atoms with Crippen molar-refractivity contribution < 1.29 is 14.6 Å². The maximum absolute atomic E-state index is 11.3. The lowest BCUT2D eigenvalue weighted by atomic mass is 9.64. The average molecular weight is 277 g/mol. The van der Waals surface area contributed by atoms with Gasteiger partial charge in [0.25, 0.3) is 0 Å². The van der Waals surface area contributed by atoms with Gasteiger partial charge in [0, 0.05) is 23.8 Å². The van der Waals surface area contributed by atoms with Gasteiger partial charge in [-0.15, -0.1) is 0 Å². The Labute approximate surface area is 120 Å². The van der Waals surface area contributed by atoms with Crippen molar-refractivity contribution in [3.05, 3.63) is 29.3 Å². The Morgan fingerprint density at radius 3 is 2.75 bits per heavy atom. The lowest BCUT2D eigenvalue weighted by molar-refractivity contribution is -0.0976. The number of hydrogen-bond donors (Lipinski definition) is 2. The third-order valence-electron chi connectivity index (χ3n) is 4.28. The molecule has 4 nitrogen and oxygen atoms in total. The van der Waals surface area contributed by atoms with E-state index in [2.05, 4.69) is 19.2 Å². The second-order valence-corrected chi connectivity index (χ2v) is 6.05. The molecule has 0 aliphatic heterocycles. The van der Waals surface area contributed by atoms with E-state index in [9.17, 15) is 9.90 Å². The molecule has 0 saturated heterocycles.